The SMILES string of the molecule is CSc1nn(-c2cccc(C(F)(F)F)c2)c(=NC(C)=O)s1. The Morgan fingerprint density at radius 2 is 2.14 bits per heavy atom. The molecule has 0 radical (unpaired) electrons. The molecule has 0 unspecified atom stereocenters. The van der Waals surface area contributed by atoms with Crippen molar-refractivity contribution in [2.45, 2.75) is 17.4 Å². The number of aromatic nitrogens is 2. The minimum absolute atomic E-state index is 0.210. The Morgan fingerprint density at radius 1 is 1.43 bits per heavy atom. The largest absolute Gasteiger partial charge is 0.416 e. The van der Waals surface area contributed by atoms with Crippen LogP contribution in [0.2, 0.25) is 0 Å². The predicted octanol–water partition coefficient (Wildman–Crippen LogP) is 3.12. The predicted molar refractivity (Wildman–Crippen MR) is 74.5 cm³/mol. The molecule has 1 heterocycles. The van der Waals surface area contributed by atoms with E-state index < -0.39 is 17.6 Å². The van der Waals surface area contributed by atoms with Gasteiger partial charge in [0, 0.05) is 6.92 Å². The summed E-state index contributed by atoms with van der Waals surface area (Å²) in [6.07, 6.45) is -2.65. The van der Waals surface area contributed by atoms with Crippen molar-refractivity contribution >= 4 is 29.0 Å². The molecule has 0 saturated carbocycles. The van der Waals surface area contributed by atoms with Gasteiger partial charge < -0.3 is 0 Å². The van der Waals surface area contributed by atoms with Gasteiger partial charge in [-0.15, -0.1) is 5.10 Å². The molecule has 2 rings (SSSR count). The molecule has 0 aliphatic carbocycles. The van der Waals surface area contributed by atoms with Crippen molar-refractivity contribution in [2.24, 2.45) is 4.99 Å². The summed E-state index contributed by atoms with van der Waals surface area (Å²) in [6, 6.07) is 4.73. The number of rotatable bonds is 2. The zero-order valence-electron chi connectivity index (χ0n) is 11.0. The van der Waals surface area contributed by atoms with Crippen LogP contribution in [-0.4, -0.2) is 21.9 Å². The summed E-state index contributed by atoms with van der Waals surface area (Å²) in [5, 5.41) is 4.16. The molecule has 0 aliphatic heterocycles. The van der Waals surface area contributed by atoms with E-state index in [2.05, 4.69) is 10.1 Å². The molecule has 0 fully saturated rings. The van der Waals surface area contributed by atoms with E-state index >= 15 is 0 Å². The number of hydrogen-bond acceptors (Lipinski definition) is 4. The molecule has 0 bridgehead atoms. The summed E-state index contributed by atoms with van der Waals surface area (Å²) in [5.74, 6) is -0.438. The summed E-state index contributed by atoms with van der Waals surface area (Å²) >= 11 is 2.47. The first-order valence-electron chi connectivity index (χ1n) is 5.68. The maximum atomic E-state index is 12.8. The van der Waals surface area contributed by atoms with Gasteiger partial charge in [-0.1, -0.05) is 29.2 Å². The number of alkyl halides is 3. The van der Waals surface area contributed by atoms with Gasteiger partial charge in [0.15, 0.2) is 4.34 Å². The molecular weight excluding hydrogens is 323 g/mol. The van der Waals surface area contributed by atoms with Gasteiger partial charge in [0.05, 0.1) is 11.3 Å². The van der Waals surface area contributed by atoms with Crippen molar-refractivity contribution in [3.63, 3.8) is 0 Å². The van der Waals surface area contributed by atoms with Crippen LogP contribution in [0.1, 0.15) is 12.5 Å². The molecule has 4 nitrogen and oxygen atoms in total. The van der Waals surface area contributed by atoms with Gasteiger partial charge in [0.25, 0.3) is 0 Å². The molecule has 0 aliphatic rings. The van der Waals surface area contributed by atoms with Crippen molar-refractivity contribution in [1.82, 2.24) is 9.78 Å². The Labute approximate surface area is 126 Å². The van der Waals surface area contributed by atoms with E-state index in [4.69, 9.17) is 0 Å². The third-order valence-electron chi connectivity index (χ3n) is 2.39. The number of hydrogen-bond donors (Lipinski definition) is 0. The molecule has 1 amide bonds. The Kier molecular flexibility index (Phi) is 4.52. The minimum Gasteiger partial charge on any atom is -0.273 e. The highest BCUT2D eigenvalue weighted by Gasteiger charge is 2.30. The maximum Gasteiger partial charge on any atom is 0.416 e. The highest BCUT2D eigenvalue weighted by atomic mass is 32.2. The van der Waals surface area contributed by atoms with E-state index in [0.717, 1.165) is 23.5 Å². The third kappa shape index (κ3) is 3.73. The first-order chi connectivity index (χ1) is 9.81. The first kappa shape index (κ1) is 15.8. The van der Waals surface area contributed by atoms with Crippen LogP contribution in [0.25, 0.3) is 5.69 Å². The van der Waals surface area contributed by atoms with Gasteiger partial charge >= 0.3 is 6.18 Å². The topological polar surface area (TPSA) is 47.2 Å². The normalized spacial score (nSPS) is 12.7. The summed E-state index contributed by atoms with van der Waals surface area (Å²) in [5.41, 5.74) is -0.568. The van der Waals surface area contributed by atoms with Gasteiger partial charge in [0.2, 0.25) is 10.7 Å². The van der Waals surface area contributed by atoms with E-state index in [1.165, 1.54) is 35.5 Å². The number of carbonyl (C=O) groups excluding carboxylic acids is 1. The number of thioether (sulfide) groups is 1. The van der Waals surface area contributed by atoms with Crippen LogP contribution in [-0.2, 0) is 11.0 Å². The van der Waals surface area contributed by atoms with E-state index in [0.29, 0.717) is 4.34 Å². The molecule has 2 aromatic rings. The van der Waals surface area contributed by atoms with Crippen molar-refractivity contribution in [2.75, 3.05) is 6.26 Å². The zero-order chi connectivity index (χ0) is 15.6. The van der Waals surface area contributed by atoms with E-state index in [1.807, 2.05) is 0 Å². The van der Waals surface area contributed by atoms with Crippen molar-refractivity contribution < 1.29 is 18.0 Å². The molecule has 9 heteroatoms. The van der Waals surface area contributed by atoms with Gasteiger partial charge in [0.1, 0.15) is 0 Å². The van der Waals surface area contributed by atoms with Crippen LogP contribution in [0.4, 0.5) is 13.2 Å². The highest BCUT2D eigenvalue weighted by Crippen LogP contribution is 2.30. The minimum atomic E-state index is -4.44. The number of benzene rings is 1. The standard InChI is InChI=1S/C12H10F3N3OS2/c1-7(19)16-10-18(17-11(20-2)21-10)9-5-3-4-8(6-9)12(13,14)15/h3-6H,1-2H3. The lowest BCUT2D eigenvalue weighted by Crippen LogP contribution is -2.16. The van der Waals surface area contributed by atoms with Gasteiger partial charge in [-0.3, -0.25) is 4.79 Å². The van der Waals surface area contributed by atoms with Crippen LogP contribution in [0, 0.1) is 0 Å². The summed E-state index contributed by atoms with van der Waals surface area (Å²) in [4.78, 5) is 15.2. The second-order valence-corrected chi connectivity index (χ2v) is 5.95. The molecule has 0 N–H and O–H groups in total. The lowest BCUT2D eigenvalue weighted by atomic mass is 10.2. The van der Waals surface area contributed by atoms with Crippen molar-refractivity contribution in [3.05, 3.63) is 34.6 Å². The smallest absolute Gasteiger partial charge is 0.273 e. The first-order valence-corrected chi connectivity index (χ1v) is 7.72. The second kappa shape index (κ2) is 6.02. The van der Waals surface area contributed by atoms with Crippen LogP contribution in [0.3, 0.4) is 0 Å². The van der Waals surface area contributed by atoms with Crippen molar-refractivity contribution in [3.8, 4) is 5.69 Å². The third-order valence-corrected chi connectivity index (χ3v) is 4.27. The number of halogens is 3. The van der Waals surface area contributed by atoms with Gasteiger partial charge in [-0.2, -0.15) is 18.2 Å². The summed E-state index contributed by atoms with van der Waals surface area (Å²) in [6.45, 7) is 1.27. The average Bonchev–Trinajstić information content (AvgIpc) is 2.80. The summed E-state index contributed by atoms with van der Waals surface area (Å²) < 4.78 is 40.1. The Bertz CT molecular complexity index is 734. The molecule has 1 aromatic carbocycles. The zero-order valence-corrected chi connectivity index (χ0v) is 12.6. The monoisotopic (exact) mass is 333 g/mol. The van der Waals surface area contributed by atoms with E-state index in [-0.39, 0.29) is 10.5 Å². The Hall–Kier alpha value is -1.61. The number of carbonyl (C=O) groups is 1. The number of amides is 1. The van der Waals surface area contributed by atoms with Gasteiger partial charge in [-0.05, 0) is 24.5 Å². The van der Waals surface area contributed by atoms with E-state index in [9.17, 15) is 18.0 Å². The molecule has 0 atom stereocenters. The van der Waals surface area contributed by atoms with Crippen LogP contribution in [0.5, 0.6) is 0 Å². The van der Waals surface area contributed by atoms with Crippen LogP contribution < -0.4 is 4.80 Å². The molecular formula is C12H10F3N3OS2. The Morgan fingerprint density at radius 3 is 2.71 bits per heavy atom. The van der Waals surface area contributed by atoms with Gasteiger partial charge in [-0.25, -0.2) is 4.68 Å². The molecule has 0 saturated heterocycles. The quantitative estimate of drug-likeness (QED) is 0.794. The fourth-order valence-electron chi connectivity index (χ4n) is 1.54. The summed E-state index contributed by atoms with van der Waals surface area (Å²) in [7, 11) is 0. The van der Waals surface area contributed by atoms with Crippen LogP contribution >= 0.6 is 23.1 Å². The molecule has 112 valence electrons. The highest BCUT2D eigenvalue weighted by molar-refractivity contribution is 8.00. The second-order valence-electron chi connectivity index (χ2n) is 3.95. The van der Waals surface area contributed by atoms with Crippen molar-refractivity contribution in [1.29, 1.82) is 0 Å². The Balaban J connectivity index is 2.62. The maximum absolute atomic E-state index is 12.8. The lowest BCUT2D eigenvalue weighted by Gasteiger charge is -2.08. The number of nitrogens with zero attached hydrogens (tertiary/aromatic N) is 3. The molecule has 21 heavy (non-hydrogen) atoms. The lowest BCUT2D eigenvalue weighted by molar-refractivity contribution is -0.137. The molecule has 0 spiro atoms. The fraction of sp³-hybridized carbons (Fsp3) is 0.250. The average molecular weight is 333 g/mol. The van der Waals surface area contributed by atoms with Crippen LogP contribution in [0.15, 0.2) is 33.6 Å². The molecule has 1 aromatic heterocycles. The van der Waals surface area contributed by atoms with E-state index in [1.54, 1.807) is 6.26 Å². The fourth-order valence-corrected chi connectivity index (χ4v) is 2.94.